The number of allylic oxidation sites excluding steroid dienone is 1. The smallest absolute Gasteiger partial charge is 0.185 e. The van der Waals surface area contributed by atoms with Gasteiger partial charge in [-0.05, 0) is 66.2 Å². The number of aliphatic hydroxyl groups is 1. The number of rotatable bonds is 0. The molecule has 0 radical (unpaired) electrons. The van der Waals surface area contributed by atoms with Crippen LogP contribution in [0.15, 0.2) is 54.1 Å². The van der Waals surface area contributed by atoms with Crippen LogP contribution in [0, 0.1) is 0 Å². The second-order valence-corrected chi connectivity index (χ2v) is 7.91. The lowest BCUT2D eigenvalue weighted by Gasteiger charge is -2.33. The lowest BCUT2D eigenvalue weighted by Crippen LogP contribution is -2.48. The van der Waals surface area contributed by atoms with Crippen LogP contribution < -0.4 is 0 Å². The maximum Gasteiger partial charge on any atom is 0.185 e. The van der Waals surface area contributed by atoms with Gasteiger partial charge >= 0.3 is 0 Å². The molecular formula is C23H20O3. The lowest BCUT2D eigenvalue weighted by molar-refractivity contribution is -0.136. The minimum atomic E-state index is -1.35. The summed E-state index contributed by atoms with van der Waals surface area (Å²) < 4.78 is 0. The van der Waals surface area contributed by atoms with E-state index in [0.29, 0.717) is 0 Å². The van der Waals surface area contributed by atoms with Gasteiger partial charge in [0.2, 0.25) is 0 Å². The highest BCUT2D eigenvalue weighted by atomic mass is 16.3. The topological polar surface area (TPSA) is 54.4 Å². The second kappa shape index (κ2) is 4.80. The van der Waals surface area contributed by atoms with Crippen molar-refractivity contribution in [1.82, 2.24) is 0 Å². The van der Waals surface area contributed by atoms with Crippen molar-refractivity contribution in [2.24, 2.45) is 0 Å². The third kappa shape index (κ3) is 1.50. The number of hydrogen-bond acceptors (Lipinski definition) is 3. The van der Waals surface area contributed by atoms with Gasteiger partial charge in [-0.3, -0.25) is 9.59 Å². The molecule has 3 aliphatic carbocycles. The van der Waals surface area contributed by atoms with Gasteiger partial charge in [0.25, 0.3) is 0 Å². The molecule has 0 amide bonds. The van der Waals surface area contributed by atoms with Gasteiger partial charge in [0.1, 0.15) is 11.5 Å². The van der Waals surface area contributed by atoms with E-state index in [1.165, 1.54) is 6.08 Å². The first-order valence-corrected chi connectivity index (χ1v) is 9.10. The van der Waals surface area contributed by atoms with E-state index in [2.05, 4.69) is 12.1 Å². The van der Waals surface area contributed by atoms with Crippen molar-refractivity contribution in [2.45, 2.75) is 43.6 Å². The number of carbonyl (C=O) groups excluding carboxylic acids is 2. The average molecular weight is 344 g/mol. The third-order valence-corrected chi connectivity index (χ3v) is 6.75. The molecule has 0 saturated carbocycles. The molecule has 5 rings (SSSR count). The molecule has 1 spiro atoms. The standard InChI is InChI=1S/C23H20O3/c1-13-12-18(24)20(25)22(2)17-9-5-7-15-11-10-14-6-3-4-8-16(14)23(13,19(15)17)21(22)26/h3-9,12,20,25H,10-11H2,1-2H3. The molecule has 0 saturated heterocycles. The SMILES string of the molecule is CC1=CC(=O)C(O)C2(C)C(=O)C13c1ccccc1CCc1cccc2c13. The van der Waals surface area contributed by atoms with E-state index in [0.717, 1.165) is 46.2 Å². The molecule has 0 fully saturated rings. The van der Waals surface area contributed by atoms with E-state index in [4.69, 9.17) is 0 Å². The van der Waals surface area contributed by atoms with E-state index in [1.807, 2.05) is 37.3 Å². The van der Waals surface area contributed by atoms with Gasteiger partial charge in [-0.15, -0.1) is 0 Å². The molecule has 3 atom stereocenters. The van der Waals surface area contributed by atoms with Crippen molar-refractivity contribution in [2.75, 3.05) is 0 Å². The molecule has 2 aromatic carbocycles. The predicted molar refractivity (Wildman–Crippen MR) is 98.2 cm³/mol. The van der Waals surface area contributed by atoms with Crippen LogP contribution in [0.1, 0.15) is 41.7 Å². The molecule has 3 nitrogen and oxygen atoms in total. The van der Waals surface area contributed by atoms with Gasteiger partial charge in [-0.2, -0.15) is 0 Å². The van der Waals surface area contributed by atoms with Crippen LogP contribution in [0.2, 0.25) is 0 Å². The van der Waals surface area contributed by atoms with Crippen molar-refractivity contribution in [3.8, 4) is 0 Å². The summed E-state index contributed by atoms with van der Waals surface area (Å²) in [5.74, 6) is -0.457. The first-order valence-electron chi connectivity index (χ1n) is 9.10. The third-order valence-electron chi connectivity index (χ3n) is 6.75. The molecule has 2 bridgehead atoms. The number of Topliss-reactive ketones (excluding diaryl/α,β-unsaturated/α-hetero) is 1. The molecule has 3 heteroatoms. The van der Waals surface area contributed by atoms with Crippen LogP contribution in [0.3, 0.4) is 0 Å². The maximum atomic E-state index is 14.1. The van der Waals surface area contributed by atoms with Crippen LogP contribution in [-0.2, 0) is 33.3 Å². The number of aryl methyl sites for hydroxylation is 2. The van der Waals surface area contributed by atoms with Crippen molar-refractivity contribution in [3.63, 3.8) is 0 Å². The molecule has 0 aromatic heterocycles. The van der Waals surface area contributed by atoms with Crippen LogP contribution in [-0.4, -0.2) is 22.8 Å². The van der Waals surface area contributed by atoms with Crippen LogP contribution in [0.25, 0.3) is 0 Å². The normalized spacial score (nSPS) is 31.7. The number of aliphatic hydroxyl groups excluding tert-OH is 1. The molecule has 0 heterocycles. The minimum absolute atomic E-state index is 0.0751. The second-order valence-electron chi connectivity index (χ2n) is 7.91. The van der Waals surface area contributed by atoms with E-state index < -0.39 is 16.9 Å². The van der Waals surface area contributed by atoms with Gasteiger partial charge in [-0.25, -0.2) is 0 Å². The highest BCUT2D eigenvalue weighted by Gasteiger charge is 2.65. The average Bonchev–Trinajstić information content (AvgIpc) is 2.75. The molecule has 130 valence electrons. The fourth-order valence-corrected chi connectivity index (χ4v) is 5.49. The first-order chi connectivity index (χ1) is 12.4. The number of hydrogen-bond donors (Lipinski definition) is 1. The van der Waals surface area contributed by atoms with Crippen LogP contribution in [0.4, 0.5) is 0 Å². The lowest BCUT2D eigenvalue weighted by atomic mass is 9.66. The van der Waals surface area contributed by atoms with Crippen molar-refractivity contribution in [3.05, 3.63) is 81.9 Å². The molecule has 3 aliphatic rings. The fraction of sp³-hybridized carbons (Fsp3) is 0.304. The zero-order chi connectivity index (χ0) is 18.3. The molecule has 0 aliphatic heterocycles. The Hall–Kier alpha value is -2.52. The van der Waals surface area contributed by atoms with Gasteiger partial charge in [0, 0.05) is 0 Å². The highest BCUT2D eigenvalue weighted by Crippen LogP contribution is 2.59. The summed E-state index contributed by atoms with van der Waals surface area (Å²) in [5.41, 5.74) is 3.59. The fourth-order valence-electron chi connectivity index (χ4n) is 5.49. The Morgan fingerprint density at radius 3 is 2.42 bits per heavy atom. The van der Waals surface area contributed by atoms with E-state index in [9.17, 15) is 14.7 Å². The predicted octanol–water partition coefficient (Wildman–Crippen LogP) is 2.80. The summed E-state index contributed by atoms with van der Waals surface area (Å²) >= 11 is 0. The first kappa shape index (κ1) is 15.7. The van der Waals surface area contributed by atoms with Crippen molar-refractivity contribution >= 4 is 11.6 Å². The van der Waals surface area contributed by atoms with Crippen LogP contribution >= 0.6 is 0 Å². The Labute approximate surface area is 152 Å². The van der Waals surface area contributed by atoms with Crippen LogP contribution in [0.5, 0.6) is 0 Å². The largest absolute Gasteiger partial charge is 0.384 e. The Kier molecular flexibility index (Phi) is 2.90. The number of carbonyl (C=O) groups is 2. The Morgan fingerprint density at radius 1 is 0.962 bits per heavy atom. The molecule has 3 unspecified atom stereocenters. The summed E-state index contributed by atoms with van der Waals surface area (Å²) in [6.45, 7) is 3.60. The van der Waals surface area contributed by atoms with Crippen molar-refractivity contribution in [1.29, 1.82) is 0 Å². The molecule has 2 aromatic rings. The Morgan fingerprint density at radius 2 is 1.62 bits per heavy atom. The van der Waals surface area contributed by atoms with E-state index in [-0.39, 0.29) is 11.6 Å². The number of benzene rings is 2. The zero-order valence-electron chi connectivity index (χ0n) is 14.9. The molecular weight excluding hydrogens is 324 g/mol. The summed E-state index contributed by atoms with van der Waals surface area (Å²) in [6, 6.07) is 14.0. The minimum Gasteiger partial charge on any atom is -0.384 e. The van der Waals surface area contributed by atoms with Gasteiger partial charge in [-0.1, -0.05) is 42.5 Å². The van der Waals surface area contributed by atoms with E-state index >= 15 is 0 Å². The summed E-state index contributed by atoms with van der Waals surface area (Å²) in [7, 11) is 0. The zero-order valence-corrected chi connectivity index (χ0v) is 14.9. The molecule has 26 heavy (non-hydrogen) atoms. The summed E-state index contributed by atoms with van der Waals surface area (Å²) in [6.07, 6.45) is 1.86. The highest BCUT2D eigenvalue weighted by molar-refractivity contribution is 6.16. The number of fused-ring (bicyclic) bond motifs is 3. The van der Waals surface area contributed by atoms with Gasteiger partial charge < -0.3 is 5.11 Å². The maximum absolute atomic E-state index is 14.1. The Bertz CT molecular complexity index is 1030. The Balaban J connectivity index is 2.04. The summed E-state index contributed by atoms with van der Waals surface area (Å²) in [5, 5.41) is 10.9. The van der Waals surface area contributed by atoms with Gasteiger partial charge in [0.05, 0.1) is 5.41 Å². The van der Waals surface area contributed by atoms with Gasteiger partial charge in [0.15, 0.2) is 11.6 Å². The number of ketones is 2. The van der Waals surface area contributed by atoms with E-state index in [1.54, 1.807) is 6.92 Å². The summed E-state index contributed by atoms with van der Waals surface area (Å²) in [4.78, 5) is 26.7. The molecule has 1 N–H and O–H groups in total. The monoisotopic (exact) mass is 344 g/mol. The quantitative estimate of drug-likeness (QED) is 0.800. The van der Waals surface area contributed by atoms with Crippen molar-refractivity contribution < 1.29 is 14.7 Å².